The fraction of sp³-hybridized carbons (Fsp3) is 0.684. The Balaban J connectivity index is 1.71. The van der Waals surface area contributed by atoms with E-state index in [1.165, 1.54) is 32.1 Å². The summed E-state index contributed by atoms with van der Waals surface area (Å²) in [4.78, 5) is 0. The van der Waals surface area contributed by atoms with Crippen LogP contribution in [0.5, 0.6) is 0 Å². The number of benzene rings is 1. The summed E-state index contributed by atoms with van der Waals surface area (Å²) in [5.41, 5.74) is 1.66. The van der Waals surface area contributed by atoms with Gasteiger partial charge in [0.05, 0.1) is 0 Å². The fourth-order valence-corrected chi connectivity index (χ4v) is 5.86. The molecule has 0 aromatic heterocycles. The van der Waals surface area contributed by atoms with E-state index in [-0.39, 0.29) is 0 Å². The molecule has 1 aromatic rings. The molecule has 0 bridgehead atoms. The average Bonchev–Trinajstić information content (AvgIpc) is 3.01. The lowest BCUT2D eigenvalue weighted by molar-refractivity contribution is 0.122. The van der Waals surface area contributed by atoms with Crippen molar-refractivity contribution in [3.05, 3.63) is 35.9 Å². The monoisotopic (exact) mass is 254 g/mol. The van der Waals surface area contributed by atoms with Crippen LogP contribution in [0.2, 0.25) is 0 Å². The molecule has 0 radical (unpaired) electrons. The zero-order chi connectivity index (χ0) is 12.8. The third kappa shape index (κ3) is 1.95. The molecule has 3 fully saturated rings. The lowest BCUT2D eigenvalue weighted by atomic mass is 9.62. The lowest BCUT2D eigenvalue weighted by Crippen LogP contribution is -2.33. The maximum atomic E-state index is 2.48. The molecule has 0 aliphatic heterocycles. The minimum Gasteiger partial charge on any atom is -0.0625 e. The Morgan fingerprint density at radius 2 is 1.68 bits per heavy atom. The highest BCUT2D eigenvalue weighted by Crippen LogP contribution is 2.59. The molecule has 4 unspecified atom stereocenters. The van der Waals surface area contributed by atoms with Gasteiger partial charge in [0.2, 0.25) is 0 Å². The number of fused-ring (bicyclic) bond motifs is 2. The molecule has 3 aliphatic rings. The Bertz CT molecular complexity index is 435. The second-order valence-electron chi connectivity index (χ2n) is 7.53. The largest absolute Gasteiger partial charge is 0.0625 e. The molecule has 6 atom stereocenters. The molecular weight excluding hydrogens is 228 g/mol. The topological polar surface area (TPSA) is 0 Å². The molecule has 102 valence electrons. The Morgan fingerprint density at radius 1 is 0.842 bits per heavy atom. The maximum Gasteiger partial charge on any atom is -0.00999 e. The fourth-order valence-electron chi connectivity index (χ4n) is 5.86. The van der Waals surface area contributed by atoms with Crippen LogP contribution in [0.4, 0.5) is 0 Å². The normalized spacial score (nSPS) is 44.9. The van der Waals surface area contributed by atoms with Gasteiger partial charge in [0.1, 0.15) is 0 Å². The minimum atomic E-state index is 0.886. The molecule has 0 saturated heterocycles. The van der Waals surface area contributed by atoms with Crippen LogP contribution >= 0.6 is 0 Å². The second kappa shape index (κ2) is 4.65. The average molecular weight is 254 g/mol. The summed E-state index contributed by atoms with van der Waals surface area (Å²) in [5, 5.41) is 0. The van der Waals surface area contributed by atoms with Gasteiger partial charge in [0, 0.05) is 0 Å². The second-order valence-corrected chi connectivity index (χ2v) is 7.53. The van der Waals surface area contributed by atoms with Gasteiger partial charge in [0.15, 0.2) is 0 Å². The summed E-state index contributed by atoms with van der Waals surface area (Å²) < 4.78 is 0. The van der Waals surface area contributed by atoms with Crippen molar-refractivity contribution in [3.63, 3.8) is 0 Å². The molecule has 0 heterocycles. The number of hydrogen-bond donors (Lipinski definition) is 0. The van der Waals surface area contributed by atoms with Crippen LogP contribution in [-0.2, 0) is 0 Å². The van der Waals surface area contributed by atoms with Crippen LogP contribution in [0.15, 0.2) is 30.3 Å². The van der Waals surface area contributed by atoms with Gasteiger partial charge in [-0.25, -0.2) is 0 Å². The van der Waals surface area contributed by atoms with E-state index in [9.17, 15) is 0 Å². The van der Waals surface area contributed by atoms with Crippen LogP contribution in [-0.4, -0.2) is 0 Å². The molecule has 0 heteroatoms. The zero-order valence-corrected chi connectivity index (χ0v) is 12.1. The van der Waals surface area contributed by atoms with Crippen molar-refractivity contribution in [3.8, 4) is 0 Å². The summed E-state index contributed by atoms with van der Waals surface area (Å²) in [6.07, 6.45) is 9.08. The van der Waals surface area contributed by atoms with Gasteiger partial charge in [-0.3, -0.25) is 0 Å². The predicted octanol–water partition coefficient (Wildman–Crippen LogP) is 5.25. The quantitative estimate of drug-likeness (QED) is 0.642. The van der Waals surface area contributed by atoms with E-state index in [0.717, 1.165) is 35.5 Å². The molecule has 0 nitrogen and oxygen atoms in total. The highest BCUT2D eigenvalue weighted by atomic mass is 14.5. The molecule has 4 rings (SSSR count). The Hall–Kier alpha value is -0.780. The molecule has 19 heavy (non-hydrogen) atoms. The number of hydrogen-bond acceptors (Lipinski definition) is 0. The zero-order valence-electron chi connectivity index (χ0n) is 12.1. The third-order valence-electron chi connectivity index (χ3n) is 6.42. The van der Waals surface area contributed by atoms with E-state index in [2.05, 4.69) is 37.3 Å². The van der Waals surface area contributed by atoms with Crippen LogP contribution in [0, 0.1) is 29.6 Å². The Morgan fingerprint density at radius 3 is 2.53 bits per heavy atom. The van der Waals surface area contributed by atoms with Crippen LogP contribution in [0.1, 0.15) is 56.9 Å². The van der Waals surface area contributed by atoms with E-state index in [4.69, 9.17) is 0 Å². The standard InChI is InChI=1S/C19H26/c1-13-10-16-12-15-8-5-9-17(15)19(18(16)11-13)14-6-3-2-4-7-14/h2-4,6-7,13,15-19H,5,8-12H2,1H3/t13?,15?,16?,17-,18?,19-/m1/s1. The molecule has 1 aromatic carbocycles. The van der Waals surface area contributed by atoms with Gasteiger partial charge in [-0.15, -0.1) is 0 Å². The van der Waals surface area contributed by atoms with Gasteiger partial charge in [0.25, 0.3) is 0 Å². The molecule has 0 spiro atoms. The SMILES string of the molecule is CC1CC2CC3CCC[C@H]3[C@@H](c3ccccc3)C2C1. The first-order valence-electron chi connectivity index (χ1n) is 8.38. The number of rotatable bonds is 1. The molecular formula is C19H26. The van der Waals surface area contributed by atoms with E-state index < -0.39 is 0 Å². The first kappa shape index (κ1) is 12.0. The van der Waals surface area contributed by atoms with Crippen molar-refractivity contribution in [1.29, 1.82) is 0 Å². The summed E-state index contributed by atoms with van der Waals surface area (Å²) in [5.74, 6) is 5.96. The van der Waals surface area contributed by atoms with E-state index >= 15 is 0 Å². The third-order valence-corrected chi connectivity index (χ3v) is 6.42. The Kier molecular flexibility index (Phi) is 2.94. The van der Waals surface area contributed by atoms with Crippen molar-refractivity contribution in [1.82, 2.24) is 0 Å². The molecule has 0 N–H and O–H groups in total. The van der Waals surface area contributed by atoms with Gasteiger partial charge in [-0.2, -0.15) is 0 Å². The van der Waals surface area contributed by atoms with Crippen molar-refractivity contribution in [2.45, 2.75) is 51.4 Å². The maximum absolute atomic E-state index is 2.48. The molecule has 0 amide bonds. The summed E-state index contributed by atoms with van der Waals surface area (Å²) >= 11 is 0. The lowest BCUT2D eigenvalue weighted by Gasteiger charge is -2.43. The molecule has 3 aliphatic carbocycles. The summed E-state index contributed by atoms with van der Waals surface area (Å²) in [7, 11) is 0. The highest BCUT2D eigenvalue weighted by molar-refractivity contribution is 5.24. The van der Waals surface area contributed by atoms with Crippen molar-refractivity contribution >= 4 is 0 Å². The van der Waals surface area contributed by atoms with Crippen LogP contribution in [0.3, 0.4) is 0 Å². The minimum absolute atomic E-state index is 0.886. The smallest absolute Gasteiger partial charge is 0.00999 e. The van der Waals surface area contributed by atoms with E-state index in [0.29, 0.717) is 0 Å². The van der Waals surface area contributed by atoms with Gasteiger partial charge in [-0.1, -0.05) is 50.1 Å². The van der Waals surface area contributed by atoms with Gasteiger partial charge < -0.3 is 0 Å². The van der Waals surface area contributed by atoms with Gasteiger partial charge in [-0.05, 0) is 66.8 Å². The van der Waals surface area contributed by atoms with Crippen LogP contribution in [0.25, 0.3) is 0 Å². The highest BCUT2D eigenvalue weighted by Gasteiger charge is 2.49. The first-order valence-corrected chi connectivity index (χ1v) is 8.38. The van der Waals surface area contributed by atoms with E-state index in [1.54, 1.807) is 12.0 Å². The summed E-state index contributed by atoms with van der Waals surface area (Å²) in [6, 6.07) is 11.5. The van der Waals surface area contributed by atoms with Crippen molar-refractivity contribution in [2.24, 2.45) is 29.6 Å². The van der Waals surface area contributed by atoms with Gasteiger partial charge >= 0.3 is 0 Å². The van der Waals surface area contributed by atoms with Crippen LogP contribution < -0.4 is 0 Å². The predicted molar refractivity (Wildman–Crippen MR) is 80.0 cm³/mol. The van der Waals surface area contributed by atoms with E-state index in [1.807, 2.05) is 0 Å². The first-order chi connectivity index (χ1) is 9.33. The Labute approximate surface area is 117 Å². The van der Waals surface area contributed by atoms with Crippen molar-refractivity contribution < 1.29 is 0 Å². The summed E-state index contributed by atoms with van der Waals surface area (Å²) in [6.45, 7) is 2.48. The van der Waals surface area contributed by atoms with Crippen molar-refractivity contribution in [2.75, 3.05) is 0 Å². The molecule has 3 saturated carbocycles.